The standard InChI is InChI=1S/C11H13N3O/c12-5-10-1-3-13-7-11(10)14-6-9-2-4-15-8-9/h1,3,7,9,14H,2,4,6,8H2. The van der Waals surface area contributed by atoms with Crippen LogP contribution in [0.5, 0.6) is 0 Å². The first-order valence-electron chi connectivity index (χ1n) is 5.06. The van der Waals surface area contributed by atoms with Crippen molar-refractivity contribution < 1.29 is 4.74 Å². The summed E-state index contributed by atoms with van der Waals surface area (Å²) in [5.74, 6) is 0.553. The lowest BCUT2D eigenvalue weighted by atomic mass is 10.1. The van der Waals surface area contributed by atoms with Gasteiger partial charge < -0.3 is 10.1 Å². The molecule has 1 unspecified atom stereocenters. The largest absolute Gasteiger partial charge is 0.382 e. The molecule has 78 valence electrons. The van der Waals surface area contributed by atoms with Crippen LogP contribution < -0.4 is 5.32 Å². The summed E-state index contributed by atoms with van der Waals surface area (Å²) in [6.07, 6.45) is 4.41. The van der Waals surface area contributed by atoms with Gasteiger partial charge in [-0.25, -0.2) is 0 Å². The van der Waals surface area contributed by atoms with Gasteiger partial charge in [0.2, 0.25) is 0 Å². The first-order chi connectivity index (χ1) is 7.40. The van der Waals surface area contributed by atoms with Gasteiger partial charge in [0.1, 0.15) is 6.07 Å². The molecule has 0 radical (unpaired) electrons. The number of pyridine rings is 1. The first-order valence-corrected chi connectivity index (χ1v) is 5.06. The lowest BCUT2D eigenvalue weighted by Gasteiger charge is -2.10. The van der Waals surface area contributed by atoms with Gasteiger partial charge in [0, 0.05) is 25.3 Å². The number of rotatable bonds is 3. The fourth-order valence-electron chi connectivity index (χ4n) is 1.63. The van der Waals surface area contributed by atoms with E-state index in [4.69, 9.17) is 10.00 Å². The maximum absolute atomic E-state index is 8.87. The van der Waals surface area contributed by atoms with Crippen molar-refractivity contribution in [2.24, 2.45) is 5.92 Å². The van der Waals surface area contributed by atoms with E-state index in [9.17, 15) is 0 Å². The Labute approximate surface area is 88.9 Å². The van der Waals surface area contributed by atoms with Crippen LogP contribution in [0.4, 0.5) is 5.69 Å². The molecule has 4 heteroatoms. The summed E-state index contributed by atoms with van der Waals surface area (Å²) >= 11 is 0. The van der Waals surface area contributed by atoms with E-state index >= 15 is 0 Å². The van der Waals surface area contributed by atoms with E-state index in [1.165, 1.54) is 0 Å². The average Bonchev–Trinajstić information content (AvgIpc) is 2.79. The predicted molar refractivity (Wildman–Crippen MR) is 56.4 cm³/mol. The van der Waals surface area contributed by atoms with E-state index in [1.54, 1.807) is 18.5 Å². The van der Waals surface area contributed by atoms with Crippen LogP contribution in [-0.4, -0.2) is 24.7 Å². The van der Waals surface area contributed by atoms with E-state index in [0.717, 1.165) is 31.9 Å². The normalized spacial score (nSPS) is 19.8. The van der Waals surface area contributed by atoms with Gasteiger partial charge in [0.25, 0.3) is 0 Å². The molecule has 1 atom stereocenters. The molecule has 0 saturated carbocycles. The molecule has 0 amide bonds. The number of aromatic nitrogens is 1. The Morgan fingerprint density at radius 3 is 3.33 bits per heavy atom. The minimum absolute atomic E-state index is 0.553. The lowest BCUT2D eigenvalue weighted by molar-refractivity contribution is 0.187. The maximum atomic E-state index is 8.87. The van der Waals surface area contributed by atoms with Gasteiger partial charge in [-0.1, -0.05) is 0 Å². The zero-order chi connectivity index (χ0) is 10.5. The van der Waals surface area contributed by atoms with Crippen LogP contribution in [0.3, 0.4) is 0 Å². The third-order valence-corrected chi connectivity index (χ3v) is 2.55. The molecular weight excluding hydrogens is 190 g/mol. The van der Waals surface area contributed by atoms with Crippen LogP contribution in [0.25, 0.3) is 0 Å². The molecule has 15 heavy (non-hydrogen) atoms. The second-order valence-corrected chi connectivity index (χ2v) is 3.64. The Morgan fingerprint density at radius 2 is 2.60 bits per heavy atom. The highest BCUT2D eigenvalue weighted by Gasteiger charge is 2.15. The van der Waals surface area contributed by atoms with Gasteiger partial charge in [-0.2, -0.15) is 5.26 Å². The SMILES string of the molecule is N#Cc1ccncc1NCC1CCOC1. The van der Waals surface area contributed by atoms with E-state index in [-0.39, 0.29) is 0 Å². The molecular formula is C11H13N3O. The summed E-state index contributed by atoms with van der Waals surface area (Å²) in [6.45, 7) is 2.51. The van der Waals surface area contributed by atoms with Gasteiger partial charge in [-0.15, -0.1) is 0 Å². The minimum Gasteiger partial charge on any atom is -0.382 e. The summed E-state index contributed by atoms with van der Waals surface area (Å²) in [7, 11) is 0. The first kappa shape index (κ1) is 9.94. The number of anilines is 1. The van der Waals surface area contributed by atoms with Gasteiger partial charge in [-0.05, 0) is 12.5 Å². The molecule has 1 aliphatic heterocycles. The molecule has 1 aromatic rings. The summed E-state index contributed by atoms with van der Waals surface area (Å²) in [5, 5.41) is 12.1. The number of nitrogens with one attached hydrogen (secondary N) is 1. The zero-order valence-corrected chi connectivity index (χ0v) is 8.44. The quantitative estimate of drug-likeness (QED) is 0.806. The molecule has 1 aromatic heterocycles. The Kier molecular flexibility index (Phi) is 3.15. The number of ether oxygens (including phenoxy) is 1. The predicted octanol–water partition coefficient (Wildman–Crippen LogP) is 1.40. The Balaban J connectivity index is 1.95. The summed E-state index contributed by atoms with van der Waals surface area (Å²) in [4.78, 5) is 3.99. The minimum atomic E-state index is 0.553. The van der Waals surface area contributed by atoms with Crippen LogP contribution >= 0.6 is 0 Å². The van der Waals surface area contributed by atoms with Gasteiger partial charge >= 0.3 is 0 Å². The second kappa shape index (κ2) is 4.76. The molecule has 2 heterocycles. The number of hydrogen-bond donors (Lipinski definition) is 1. The Morgan fingerprint density at radius 1 is 1.67 bits per heavy atom. The topological polar surface area (TPSA) is 57.9 Å². The number of nitriles is 1. The highest BCUT2D eigenvalue weighted by atomic mass is 16.5. The molecule has 1 N–H and O–H groups in total. The molecule has 2 rings (SSSR count). The van der Waals surface area contributed by atoms with Crippen LogP contribution in [-0.2, 0) is 4.74 Å². The Bertz CT molecular complexity index is 366. The van der Waals surface area contributed by atoms with Crippen molar-refractivity contribution in [1.29, 1.82) is 5.26 Å². The molecule has 1 fully saturated rings. The van der Waals surface area contributed by atoms with E-state index < -0.39 is 0 Å². The molecule has 0 aromatic carbocycles. The monoisotopic (exact) mass is 203 g/mol. The highest BCUT2D eigenvalue weighted by molar-refractivity contribution is 5.55. The van der Waals surface area contributed by atoms with Crippen molar-refractivity contribution >= 4 is 5.69 Å². The summed E-state index contributed by atoms with van der Waals surface area (Å²) in [6, 6.07) is 3.85. The second-order valence-electron chi connectivity index (χ2n) is 3.64. The van der Waals surface area contributed by atoms with Crippen molar-refractivity contribution in [2.75, 3.05) is 25.1 Å². The van der Waals surface area contributed by atoms with Gasteiger partial charge in [0.15, 0.2) is 0 Å². The smallest absolute Gasteiger partial charge is 0.101 e. The highest BCUT2D eigenvalue weighted by Crippen LogP contribution is 2.16. The molecule has 0 bridgehead atoms. The van der Waals surface area contributed by atoms with Crippen LogP contribution in [0.15, 0.2) is 18.5 Å². The van der Waals surface area contributed by atoms with Crippen molar-refractivity contribution in [3.63, 3.8) is 0 Å². The molecule has 1 saturated heterocycles. The molecule has 0 aliphatic carbocycles. The third-order valence-electron chi connectivity index (χ3n) is 2.55. The average molecular weight is 203 g/mol. The van der Waals surface area contributed by atoms with E-state index in [1.807, 2.05) is 0 Å². The zero-order valence-electron chi connectivity index (χ0n) is 8.44. The summed E-state index contributed by atoms with van der Waals surface area (Å²) < 4.78 is 5.28. The van der Waals surface area contributed by atoms with Crippen molar-refractivity contribution in [1.82, 2.24) is 4.98 Å². The number of hydrogen-bond acceptors (Lipinski definition) is 4. The number of nitrogens with zero attached hydrogens (tertiary/aromatic N) is 2. The maximum Gasteiger partial charge on any atom is 0.101 e. The fourth-order valence-corrected chi connectivity index (χ4v) is 1.63. The van der Waals surface area contributed by atoms with E-state index in [2.05, 4.69) is 16.4 Å². The molecule has 4 nitrogen and oxygen atoms in total. The molecule has 0 spiro atoms. The summed E-state index contributed by atoms with van der Waals surface area (Å²) in [5.41, 5.74) is 1.45. The van der Waals surface area contributed by atoms with E-state index in [0.29, 0.717) is 11.5 Å². The Hall–Kier alpha value is -1.60. The third kappa shape index (κ3) is 2.45. The fraction of sp³-hybridized carbons (Fsp3) is 0.455. The van der Waals surface area contributed by atoms with Gasteiger partial charge in [-0.3, -0.25) is 4.98 Å². The van der Waals surface area contributed by atoms with Crippen molar-refractivity contribution in [3.8, 4) is 6.07 Å². The van der Waals surface area contributed by atoms with Crippen molar-refractivity contribution in [3.05, 3.63) is 24.0 Å². The molecule has 1 aliphatic rings. The van der Waals surface area contributed by atoms with Crippen LogP contribution in [0.1, 0.15) is 12.0 Å². The lowest BCUT2D eigenvalue weighted by Crippen LogP contribution is -2.14. The van der Waals surface area contributed by atoms with Crippen LogP contribution in [0.2, 0.25) is 0 Å². The van der Waals surface area contributed by atoms with Crippen molar-refractivity contribution in [2.45, 2.75) is 6.42 Å². The van der Waals surface area contributed by atoms with Gasteiger partial charge in [0.05, 0.1) is 24.1 Å². The van der Waals surface area contributed by atoms with Crippen LogP contribution in [0, 0.1) is 17.2 Å².